The van der Waals surface area contributed by atoms with Crippen molar-refractivity contribution in [2.24, 2.45) is 0 Å². The van der Waals surface area contributed by atoms with Gasteiger partial charge < -0.3 is 9.88 Å². The molecule has 0 radical (unpaired) electrons. The maximum absolute atomic E-state index is 12.5. The lowest BCUT2D eigenvalue weighted by Gasteiger charge is -2.25. The summed E-state index contributed by atoms with van der Waals surface area (Å²) in [5.41, 5.74) is 0.516. The number of carbonyl (C=O) groups is 1. The fraction of sp³-hybridized carbons (Fsp3) is 0.381. The first kappa shape index (κ1) is 21.7. The summed E-state index contributed by atoms with van der Waals surface area (Å²) in [6.07, 6.45) is 6.76. The number of halogens is 2. The summed E-state index contributed by atoms with van der Waals surface area (Å²) < 4.78 is 2.27. The number of carbonyl (C=O) groups excluding carboxylic acids is 1. The second kappa shape index (κ2) is 10.2. The van der Waals surface area contributed by atoms with Gasteiger partial charge in [-0.2, -0.15) is 0 Å². The van der Waals surface area contributed by atoms with Gasteiger partial charge in [-0.25, -0.2) is 0 Å². The van der Waals surface area contributed by atoms with Crippen molar-refractivity contribution >= 4 is 57.9 Å². The van der Waals surface area contributed by atoms with Crippen LogP contribution in [0.1, 0.15) is 48.8 Å². The zero-order valence-corrected chi connectivity index (χ0v) is 19.5. The van der Waals surface area contributed by atoms with E-state index in [1.807, 2.05) is 0 Å². The average Bonchev–Trinajstić information content (AvgIpc) is 3.41. The second-order valence-electron chi connectivity index (χ2n) is 7.26. The van der Waals surface area contributed by atoms with E-state index in [2.05, 4.69) is 37.6 Å². The minimum absolute atomic E-state index is 0.151. The summed E-state index contributed by atoms with van der Waals surface area (Å²) in [6.45, 7) is 0. The summed E-state index contributed by atoms with van der Waals surface area (Å²) in [6, 6.07) is 9.77. The minimum Gasteiger partial charge on any atom is -0.324 e. The molecule has 3 aromatic rings. The molecule has 1 amide bonds. The van der Waals surface area contributed by atoms with Crippen LogP contribution in [0.5, 0.6) is 0 Å². The lowest BCUT2D eigenvalue weighted by atomic mass is 9.95. The van der Waals surface area contributed by atoms with E-state index in [-0.39, 0.29) is 11.7 Å². The number of thioether (sulfide) groups is 1. The third-order valence-electron chi connectivity index (χ3n) is 5.15. The molecule has 2 heterocycles. The van der Waals surface area contributed by atoms with Gasteiger partial charge >= 0.3 is 0 Å². The first-order valence-electron chi connectivity index (χ1n) is 9.94. The molecule has 4 rings (SSSR count). The normalized spacial score (nSPS) is 14.7. The number of hydrogen-bond donors (Lipinski definition) is 1. The number of nitrogens with one attached hydrogen (secondary N) is 1. The first-order valence-corrected chi connectivity index (χ1v) is 12.6. The monoisotopic (exact) mass is 480 g/mol. The predicted molar refractivity (Wildman–Crippen MR) is 125 cm³/mol. The van der Waals surface area contributed by atoms with Crippen molar-refractivity contribution in [3.8, 4) is 0 Å². The Morgan fingerprint density at radius 2 is 2.00 bits per heavy atom. The molecule has 0 unspecified atom stereocenters. The summed E-state index contributed by atoms with van der Waals surface area (Å²) >= 11 is 15.3. The average molecular weight is 481 g/mol. The number of benzene rings is 1. The van der Waals surface area contributed by atoms with Crippen molar-refractivity contribution in [3.63, 3.8) is 0 Å². The number of thiophene rings is 1. The Bertz CT molecular complexity index is 1000. The van der Waals surface area contributed by atoms with E-state index in [4.69, 9.17) is 23.2 Å². The number of aromatic nitrogens is 3. The number of amides is 1. The van der Waals surface area contributed by atoms with Crippen LogP contribution in [0.3, 0.4) is 0 Å². The lowest BCUT2D eigenvalue weighted by molar-refractivity contribution is -0.113. The molecule has 1 fully saturated rings. The van der Waals surface area contributed by atoms with Gasteiger partial charge in [0.05, 0.1) is 21.5 Å². The van der Waals surface area contributed by atoms with Gasteiger partial charge in [0, 0.05) is 17.3 Å². The minimum atomic E-state index is -0.151. The first-order chi connectivity index (χ1) is 14.6. The number of anilines is 1. The maximum Gasteiger partial charge on any atom is 0.234 e. The van der Waals surface area contributed by atoms with Crippen molar-refractivity contribution < 1.29 is 4.79 Å². The SMILES string of the molecule is O=C(CSc1nnc(Cc2cccs2)n1C1CCCCC1)Nc1cccc(Cl)c1Cl. The van der Waals surface area contributed by atoms with Gasteiger partial charge in [-0.15, -0.1) is 21.5 Å². The van der Waals surface area contributed by atoms with Crippen molar-refractivity contribution in [3.05, 3.63) is 56.5 Å². The molecule has 0 spiro atoms. The zero-order valence-electron chi connectivity index (χ0n) is 16.3. The van der Waals surface area contributed by atoms with Crippen molar-refractivity contribution in [2.75, 3.05) is 11.1 Å². The molecule has 1 N–H and O–H groups in total. The molecule has 1 saturated carbocycles. The van der Waals surface area contributed by atoms with Gasteiger partial charge in [-0.1, -0.05) is 66.4 Å². The Labute approximate surface area is 194 Å². The van der Waals surface area contributed by atoms with Crippen LogP contribution in [0.4, 0.5) is 5.69 Å². The third-order valence-corrected chi connectivity index (χ3v) is 7.78. The molecule has 158 valence electrons. The molecule has 2 aromatic heterocycles. The molecule has 0 aliphatic heterocycles. The van der Waals surface area contributed by atoms with Crippen LogP contribution in [-0.4, -0.2) is 26.4 Å². The number of hydrogen-bond acceptors (Lipinski definition) is 5. The summed E-state index contributed by atoms with van der Waals surface area (Å²) in [5, 5.41) is 15.4. The van der Waals surface area contributed by atoms with E-state index < -0.39 is 0 Å². The van der Waals surface area contributed by atoms with E-state index in [1.165, 1.54) is 35.9 Å². The lowest BCUT2D eigenvalue weighted by Crippen LogP contribution is -2.18. The Kier molecular flexibility index (Phi) is 7.36. The quantitative estimate of drug-likeness (QED) is 0.393. The Morgan fingerprint density at radius 1 is 1.17 bits per heavy atom. The largest absolute Gasteiger partial charge is 0.324 e. The molecule has 30 heavy (non-hydrogen) atoms. The Balaban J connectivity index is 1.48. The van der Waals surface area contributed by atoms with E-state index in [1.54, 1.807) is 29.5 Å². The maximum atomic E-state index is 12.5. The Morgan fingerprint density at radius 3 is 2.77 bits per heavy atom. The van der Waals surface area contributed by atoms with Gasteiger partial charge in [0.1, 0.15) is 5.82 Å². The predicted octanol–water partition coefficient (Wildman–Crippen LogP) is 6.47. The topological polar surface area (TPSA) is 59.8 Å². The second-order valence-corrected chi connectivity index (χ2v) is 10.0. The highest BCUT2D eigenvalue weighted by Crippen LogP contribution is 2.34. The number of rotatable bonds is 7. The molecule has 1 aliphatic rings. The molecule has 5 nitrogen and oxygen atoms in total. The summed E-state index contributed by atoms with van der Waals surface area (Å²) in [5.74, 6) is 1.06. The van der Waals surface area contributed by atoms with Crippen molar-refractivity contribution in [1.82, 2.24) is 14.8 Å². The van der Waals surface area contributed by atoms with Crippen LogP contribution in [0.2, 0.25) is 10.0 Å². The molecule has 0 bridgehead atoms. The fourth-order valence-corrected chi connectivity index (χ4v) is 5.59. The molecular weight excluding hydrogens is 459 g/mol. The molecule has 0 atom stereocenters. The van der Waals surface area contributed by atoms with Crippen molar-refractivity contribution in [2.45, 2.75) is 49.7 Å². The van der Waals surface area contributed by atoms with E-state index in [0.29, 0.717) is 21.8 Å². The molecule has 1 aromatic carbocycles. The highest BCUT2D eigenvalue weighted by Gasteiger charge is 2.24. The summed E-state index contributed by atoms with van der Waals surface area (Å²) in [4.78, 5) is 13.8. The van der Waals surface area contributed by atoms with E-state index in [9.17, 15) is 4.79 Å². The van der Waals surface area contributed by atoms with Gasteiger partial charge in [-0.05, 0) is 36.4 Å². The van der Waals surface area contributed by atoms with Crippen LogP contribution in [0, 0.1) is 0 Å². The van der Waals surface area contributed by atoms with Gasteiger partial charge in [-0.3, -0.25) is 4.79 Å². The highest BCUT2D eigenvalue weighted by molar-refractivity contribution is 7.99. The standard InChI is InChI=1S/C21H22Cl2N4OS2/c22-16-9-4-10-17(20(16)23)24-19(28)13-30-21-26-25-18(12-15-8-5-11-29-15)27(21)14-6-2-1-3-7-14/h4-5,8-11,14H,1-3,6-7,12-13H2,(H,24,28). The van der Waals surface area contributed by atoms with Crippen molar-refractivity contribution in [1.29, 1.82) is 0 Å². The van der Waals surface area contributed by atoms with Crippen LogP contribution >= 0.6 is 46.3 Å². The molecule has 1 aliphatic carbocycles. The van der Waals surface area contributed by atoms with Crippen LogP contribution < -0.4 is 5.32 Å². The van der Waals surface area contributed by atoms with Crippen LogP contribution in [0.25, 0.3) is 0 Å². The van der Waals surface area contributed by atoms with Gasteiger partial charge in [0.25, 0.3) is 0 Å². The van der Waals surface area contributed by atoms with Gasteiger partial charge in [0.2, 0.25) is 5.91 Å². The fourth-order valence-electron chi connectivity index (χ4n) is 3.72. The molecule has 0 saturated heterocycles. The summed E-state index contributed by atoms with van der Waals surface area (Å²) in [7, 11) is 0. The number of nitrogens with zero attached hydrogens (tertiary/aromatic N) is 3. The third kappa shape index (κ3) is 5.19. The molecular formula is C21H22Cl2N4OS2. The highest BCUT2D eigenvalue weighted by atomic mass is 35.5. The molecule has 9 heteroatoms. The smallest absolute Gasteiger partial charge is 0.234 e. The van der Waals surface area contributed by atoms with Crippen LogP contribution in [0.15, 0.2) is 40.9 Å². The Hall–Kier alpha value is -1.54. The van der Waals surface area contributed by atoms with Gasteiger partial charge in [0.15, 0.2) is 5.16 Å². The zero-order chi connectivity index (χ0) is 20.9. The van der Waals surface area contributed by atoms with E-state index in [0.717, 1.165) is 30.2 Å². The van der Waals surface area contributed by atoms with E-state index >= 15 is 0 Å². The van der Waals surface area contributed by atoms with Crippen LogP contribution in [-0.2, 0) is 11.2 Å².